The molecule has 0 atom stereocenters. The minimum atomic E-state index is -5.22. The maximum atomic E-state index is 13.7. The van der Waals surface area contributed by atoms with E-state index in [-0.39, 0.29) is 27.4 Å². The summed E-state index contributed by atoms with van der Waals surface area (Å²) in [5.74, 6) is -3.78. The molecule has 0 aliphatic rings. The Balaban J connectivity index is 1.80. The van der Waals surface area contributed by atoms with Crippen LogP contribution >= 0.6 is 0 Å². The number of esters is 1. The molecule has 0 bridgehead atoms. The number of carbonyl (C=O) groups is 3. The third-order valence-corrected chi connectivity index (χ3v) is 7.43. The molecule has 10 nitrogen and oxygen atoms in total. The number of amides is 1. The third kappa shape index (κ3) is 5.72. The summed E-state index contributed by atoms with van der Waals surface area (Å²) in [6.07, 6.45) is -3.70. The smallest absolute Gasteiger partial charge is 0.471 e. The highest BCUT2D eigenvalue weighted by atomic mass is 32.2. The van der Waals surface area contributed by atoms with E-state index in [4.69, 9.17) is 4.74 Å². The van der Waals surface area contributed by atoms with E-state index in [1.807, 2.05) is 0 Å². The molecule has 1 amide bonds. The average molecular weight is 590 g/mol. The van der Waals surface area contributed by atoms with E-state index >= 15 is 0 Å². The third-order valence-electron chi connectivity index (χ3n) is 6.08. The SMILES string of the molecule is COC(=O)c1cc(C(=O)c2c(C)c(NS(=O)(=O)c3cccc(OC)c3)c3ccccn23)ccc1NC(=O)C(F)(F)F. The van der Waals surface area contributed by atoms with Crippen LogP contribution < -0.4 is 14.8 Å². The van der Waals surface area contributed by atoms with E-state index < -0.39 is 45.1 Å². The monoisotopic (exact) mass is 589 g/mol. The van der Waals surface area contributed by atoms with Crippen molar-refractivity contribution in [3.05, 3.63) is 89.2 Å². The summed E-state index contributed by atoms with van der Waals surface area (Å²) in [5, 5.41) is 1.60. The molecule has 41 heavy (non-hydrogen) atoms. The van der Waals surface area contributed by atoms with Gasteiger partial charge in [-0.2, -0.15) is 13.2 Å². The van der Waals surface area contributed by atoms with Crippen LogP contribution in [0.25, 0.3) is 5.52 Å². The van der Waals surface area contributed by atoms with Crippen molar-refractivity contribution < 1.29 is 45.4 Å². The van der Waals surface area contributed by atoms with Crippen molar-refractivity contribution in [3.8, 4) is 5.75 Å². The molecule has 0 radical (unpaired) electrons. The number of anilines is 2. The number of nitrogens with one attached hydrogen (secondary N) is 2. The molecule has 2 N–H and O–H groups in total. The molecule has 2 aromatic carbocycles. The molecule has 0 spiro atoms. The molecule has 2 heterocycles. The molecule has 2 aromatic heterocycles. The van der Waals surface area contributed by atoms with Gasteiger partial charge in [-0.15, -0.1) is 0 Å². The number of fused-ring (bicyclic) bond motifs is 1. The number of pyridine rings is 1. The number of sulfonamides is 1. The highest BCUT2D eigenvalue weighted by molar-refractivity contribution is 7.92. The van der Waals surface area contributed by atoms with E-state index in [2.05, 4.69) is 9.46 Å². The lowest BCUT2D eigenvalue weighted by Gasteiger charge is -2.13. The van der Waals surface area contributed by atoms with E-state index in [0.29, 0.717) is 11.3 Å². The van der Waals surface area contributed by atoms with Gasteiger partial charge in [-0.1, -0.05) is 12.1 Å². The summed E-state index contributed by atoms with van der Waals surface area (Å²) in [6.45, 7) is 1.52. The second-order valence-electron chi connectivity index (χ2n) is 8.62. The Morgan fingerprint density at radius 3 is 2.34 bits per heavy atom. The number of ether oxygens (including phenoxy) is 2. The van der Waals surface area contributed by atoms with Gasteiger partial charge in [-0.3, -0.25) is 14.3 Å². The first-order valence-electron chi connectivity index (χ1n) is 11.7. The Bertz CT molecular complexity index is 1800. The summed E-state index contributed by atoms with van der Waals surface area (Å²) in [4.78, 5) is 37.5. The second kappa shape index (κ2) is 11.0. The number of hydrogen-bond acceptors (Lipinski definition) is 7. The predicted octanol–water partition coefficient (Wildman–Crippen LogP) is 4.58. The molecular weight excluding hydrogens is 567 g/mol. The standard InChI is InChI=1S/C27H22F3N3O7S/c1-15-22(32-41(37,38)18-8-6-7-17(14-18)39-2)21-9-4-5-12-33(21)23(15)24(34)16-10-11-20(19(13-16)25(35)40-3)31-26(36)27(28,29)30/h4-14,32H,1-3H3,(H,31,36). The van der Waals surface area contributed by atoms with Crippen LogP contribution in [-0.2, 0) is 19.6 Å². The molecular formula is C27H22F3N3O7S. The van der Waals surface area contributed by atoms with Crippen LogP contribution in [-0.4, -0.2) is 50.9 Å². The molecule has 14 heteroatoms. The molecule has 0 fully saturated rings. The van der Waals surface area contributed by atoms with Gasteiger partial charge in [0.15, 0.2) is 0 Å². The van der Waals surface area contributed by atoms with E-state index in [1.54, 1.807) is 29.6 Å². The molecule has 0 unspecified atom stereocenters. The number of alkyl halides is 3. The normalized spacial score (nSPS) is 11.7. The first-order chi connectivity index (χ1) is 19.3. The van der Waals surface area contributed by atoms with Crippen LogP contribution in [0.2, 0.25) is 0 Å². The number of ketones is 1. The second-order valence-corrected chi connectivity index (χ2v) is 10.3. The molecule has 0 aliphatic carbocycles. The summed E-state index contributed by atoms with van der Waals surface area (Å²) >= 11 is 0. The molecule has 214 valence electrons. The Labute approximate surface area is 231 Å². The van der Waals surface area contributed by atoms with Crippen molar-refractivity contribution in [2.24, 2.45) is 0 Å². The van der Waals surface area contributed by atoms with E-state index in [0.717, 1.165) is 25.3 Å². The van der Waals surface area contributed by atoms with Crippen LogP contribution in [0.15, 0.2) is 71.8 Å². The molecule has 0 saturated carbocycles. The van der Waals surface area contributed by atoms with Gasteiger partial charge < -0.3 is 19.2 Å². The number of benzene rings is 2. The van der Waals surface area contributed by atoms with E-state index in [1.165, 1.54) is 42.8 Å². The molecule has 0 aliphatic heterocycles. The zero-order valence-electron chi connectivity index (χ0n) is 21.7. The van der Waals surface area contributed by atoms with Crippen molar-refractivity contribution in [1.82, 2.24) is 4.40 Å². The van der Waals surface area contributed by atoms with Crippen LogP contribution in [0.5, 0.6) is 5.75 Å². The van der Waals surface area contributed by atoms with Gasteiger partial charge in [0, 0.05) is 23.4 Å². The van der Waals surface area contributed by atoms with Crippen LogP contribution in [0.3, 0.4) is 0 Å². The minimum absolute atomic E-state index is 0.0202. The van der Waals surface area contributed by atoms with Gasteiger partial charge in [0.05, 0.1) is 47.3 Å². The van der Waals surface area contributed by atoms with Crippen molar-refractivity contribution >= 4 is 44.6 Å². The number of aromatic nitrogens is 1. The highest BCUT2D eigenvalue weighted by Crippen LogP contribution is 2.33. The quantitative estimate of drug-likeness (QED) is 0.227. The number of carbonyl (C=O) groups excluding carboxylic acids is 3. The first-order valence-corrected chi connectivity index (χ1v) is 13.2. The van der Waals surface area contributed by atoms with Gasteiger partial charge in [0.25, 0.3) is 10.0 Å². The predicted molar refractivity (Wildman–Crippen MR) is 142 cm³/mol. The lowest BCUT2D eigenvalue weighted by molar-refractivity contribution is -0.167. The van der Waals surface area contributed by atoms with Crippen molar-refractivity contribution in [2.45, 2.75) is 18.0 Å². The van der Waals surface area contributed by atoms with Gasteiger partial charge >= 0.3 is 18.1 Å². The van der Waals surface area contributed by atoms with Gasteiger partial charge in [-0.25, -0.2) is 13.2 Å². The Morgan fingerprint density at radius 2 is 1.68 bits per heavy atom. The topological polar surface area (TPSA) is 132 Å². The summed E-state index contributed by atoms with van der Waals surface area (Å²) < 4.78 is 78.6. The molecule has 0 saturated heterocycles. The van der Waals surface area contributed by atoms with Crippen molar-refractivity contribution in [2.75, 3.05) is 24.3 Å². The Kier molecular flexibility index (Phi) is 7.79. The van der Waals surface area contributed by atoms with Crippen molar-refractivity contribution in [1.29, 1.82) is 0 Å². The number of methoxy groups -OCH3 is 2. The zero-order valence-corrected chi connectivity index (χ0v) is 22.5. The molecule has 4 aromatic rings. The van der Waals surface area contributed by atoms with E-state index in [9.17, 15) is 36.0 Å². The Hall–Kier alpha value is -4.85. The average Bonchev–Trinajstić information content (AvgIpc) is 3.22. The fourth-order valence-electron chi connectivity index (χ4n) is 4.11. The fourth-order valence-corrected chi connectivity index (χ4v) is 5.28. The lowest BCUT2D eigenvalue weighted by atomic mass is 10.0. The summed E-state index contributed by atoms with van der Waals surface area (Å²) in [5.41, 5.74) is -0.439. The number of halogens is 3. The highest BCUT2D eigenvalue weighted by Gasteiger charge is 2.39. The van der Waals surface area contributed by atoms with Crippen LogP contribution in [0.1, 0.15) is 32.0 Å². The molecule has 4 rings (SSSR count). The number of hydrogen-bond donors (Lipinski definition) is 2. The zero-order chi connectivity index (χ0) is 30.1. The maximum absolute atomic E-state index is 13.7. The fraction of sp³-hybridized carbons (Fsp3) is 0.148. The van der Waals surface area contributed by atoms with Crippen LogP contribution in [0.4, 0.5) is 24.5 Å². The number of rotatable bonds is 8. The van der Waals surface area contributed by atoms with Crippen LogP contribution in [0, 0.1) is 6.92 Å². The summed E-state index contributed by atoms with van der Waals surface area (Å²) in [7, 11) is -1.76. The summed E-state index contributed by atoms with van der Waals surface area (Å²) in [6, 6.07) is 13.7. The van der Waals surface area contributed by atoms with Gasteiger partial charge in [0.2, 0.25) is 5.78 Å². The maximum Gasteiger partial charge on any atom is 0.471 e. The van der Waals surface area contributed by atoms with Gasteiger partial charge in [0.1, 0.15) is 5.75 Å². The first kappa shape index (κ1) is 29.1. The van der Waals surface area contributed by atoms with Crippen molar-refractivity contribution in [3.63, 3.8) is 0 Å². The minimum Gasteiger partial charge on any atom is -0.497 e. The number of nitrogens with zero attached hydrogens (tertiary/aromatic N) is 1. The largest absolute Gasteiger partial charge is 0.497 e. The lowest BCUT2D eigenvalue weighted by Crippen LogP contribution is -2.30. The van der Waals surface area contributed by atoms with Gasteiger partial charge in [-0.05, 0) is 49.4 Å². The Morgan fingerprint density at radius 1 is 0.951 bits per heavy atom.